The van der Waals surface area contributed by atoms with Gasteiger partial charge in [0.05, 0.1) is 0 Å². The van der Waals surface area contributed by atoms with E-state index in [1.54, 1.807) is 5.57 Å². The lowest BCUT2D eigenvalue weighted by atomic mass is 9.97. The minimum Gasteiger partial charge on any atom is -0.357 e. The Labute approximate surface area is 157 Å². The monoisotopic (exact) mass is 356 g/mol. The van der Waals surface area contributed by atoms with Gasteiger partial charge in [0, 0.05) is 32.2 Å². The van der Waals surface area contributed by atoms with E-state index < -0.39 is 0 Å². The SMILES string of the molecule is CCNC(=NCCC1=CCCCC1)NCCc1ccc(NC(C)=O)cc1. The quantitative estimate of drug-likeness (QED) is 0.378. The zero-order valence-corrected chi connectivity index (χ0v) is 16.1. The van der Waals surface area contributed by atoms with Gasteiger partial charge in [-0.15, -0.1) is 0 Å². The van der Waals surface area contributed by atoms with Crippen molar-refractivity contribution in [3.8, 4) is 0 Å². The number of hydrogen-bond acceptors (Lipinski definition) is 2. The number of nitrogens with zero attached hydrogens (tertiary/aromatic N) is 1. The van der Waals surface area contributed by atoms with Crippen LogP contribution in [0, 0.1) is 0 Å². The van der Waals surface area contributed by atoms with Crippen molar-refractivity contribution >= 4 is 17.6 Å². The van der Waals surface area contributed by atoms with Gasteiger partial charge in [0.15, 0.2) is 5.96 Å². The van der Waals surface area contributed by atoms with E-state index in [0.29, 0.717) is 0 Å². The molecule has 0 aromatic heterocycles. The van der Waals surface area contributed by atoms with Gasteiger partial charge in [-0.1, -0.05) is 23.8 Å². The van der Waals surface area contributed by atoms with E-state index in [9.17, 15) is 4.79 Å². The maximum atomic E-state index is 11.0. The van der Waals surface area contributed by atoms with Crippen molar-refractivity contribution in [2.24, 2.45) is 4.99 Å². The van der Waals surface area contributed by atoms with Crippen LogP contribution in [0.15, 0.2) is 40.9 Å². The van der Waals surface area contributed by atoms with Crippen molar-refractivity contribution in [3.63, 3.8) is 0 Å². The summed E-state index contributed by atoms with van der Waals surface area (Å²) in [5.74, 6) is 0.841. The third-order valence-corrected chi connectivity index (χ3v) is 4.41. The predicted octanol–water partition coefficient (Wildman–Crippen LogP) is 3.63. The predicted molar refractivity (Wildman–Crippen MR) is 110 cm³/mol. The van der Waals surface area contributed by atoms with Crippen molar-refractivity contribution in [1.82, 2.24) is 10.6 Å². The van der Waals surface area contributed by atoms with Crippen LogP contribution in [0.25, 0.3) is 0 Å². The molecule has 0 aliphatic heterocycles. The average Bonchev–Trinajstić information content (AvgIpc) is 2.63. The fraction of sp³-hybridized carbons (Fsp3) is 0.524. The van der Waals surface area contributed by atoms with Crippen LogP contribution < -0.4 is 16.0 Å². The highest BCUT2D eigenvalue weighted by Crippen LogP contribution is 2.19. The number of amides is 1. The van der Waals surface area contributed by atoms with Crippen LogP contribution in [0.3, 0.4) is 0 Å². The molecular weight excluding hydrogens is 324 g/mol. The maximum absolute atomic E-state index is 11.0. The average molecular weight is 357 g/mol. The molecule has 0 saturated carbocycles. The smallest absolute Gasteiger partial charge is 0.221 e. The fourth-order valence-electron chi connectivity index (χ4n) is 3.07. The number of hydrogen-bond donors (Lipinski definition) is 3. The Balaban J connectivity index is 1.75. The summed E-state index contributed by atoms with van der Waals surface area (Å²) in [6.45, 7) is 6.13. The third-order valence-electron chi connectivity index (χ3n) is 4.41. The first-order chi connectivity index (χ1) is 12.7. The van der Waals surface area contributed by atoms with Crippen LogP contribution in [-0.4, -0.2) is 31.5 Å². The minimum absolute atomic E-state index is 0.0464. The van der Waals surface area contributed by atoms with Gasteiger partial charge in [0.1, 0.15) is 0 Å². The van der Waals surface area contributed by atoms with Crippen LogP contribution in [0.4, 0.5) is 5.69 Å². The highest BCUT2D eigenvalue weighted by Gasteiger charge is 2.04. The van der Waals surface area contributed by atoms with Gasteiger partial charge < -0.3 is 16.0 Å². The summed E-state index contributed by atoms with van der Waals surface area (Å²) in [6, 6.07) is 7.97. The number of nitrogens with one attached hydrogen (secondary N) is 3. The summed E-state index contributed by atoms with van der Waals surface area (Å²) in [5.41, 5.74) is 3.63. The minimum atomic E-state index is -0.0464. The molecule has 1 aromatic carbocycles. The number of allylic oxidation sites excluding steroid dienone is 1. The van der Waals surface area contributed by atoms with E-state index in [0.717, 1.165) is 44.1 Å². The van der Waals surface area contributed by atoms with Crippen LogP contribution in [0.2, 0.25) is 0 Å². The van der Waals surface area contributed by atoms with Crippen molar-refractivity contribution in [3.05, 3.63) is 41.5 Å². The second kappa shape index (κ2) is 11.3. The Kier molecular flexibility index (Phi) is 8.73. The molecule has 5 heteroatoms. The number of rotatable bonds is 8. The summed E-state index contributed by atoms with van der Waals surface area (Å²) >= 11 is 0. The largest absolute Gasteiger partial charge is 0.357 e. The number of carbonyl (C=O) groups is 1. The fourth-order valence-corrected chi connectivity index (χ4v) is 3.07. The summed E-state index contributed by atoms with van der Waals surface area (Å²) in [5, 5.41) is 9.50. The molecule has 0 atom stereocenters. The normalized spacial score (nSPS) is 14.5. The number of guanidine groups is 1. The van der Waals surface area contributed by atoms with Crippen LogP contribution in [-0.2, 0) is 11.2 Å². The van der Waals surface area contributed by atoms with Crippen LogP contribution >= 0.6 is 0 Å². The van der Waals surface area contributed by atoms with Gasteiger partial charge in [0.25, 0.3) is 0 Å². The molecule has 142 valence electrons. The summed E-state index contributed by atoms with van der Waals surface area (Å²) in [6.07, 6.45) is 9.52. The molecule has 0 radical (unpaired) electrons. The van der Waals surface area contributed by atoms with Crippen LogP contribution in [0.1, 0.15) is 51.5 Å². The van der Waals surface area contributed by atoms with Gasteiger partial charge in [-0.3, -0.25) is 9.79 Å². The first-order valence-corrected chi connectivity index (χ1v) is 9.74. The number of aliphatic imine (C=N–C) groups is 1. The van der Waals surface area contributed by atoms with Gasteiger partial charge >= 0.3 is 0 Å². The molecule has 1 aromatic rings. The Morgan fingerprint density at radius 2 is 1.92 bits per heavy atom. The second-order valence-electron chi connectivity index (χ2n) is 6.67. The summed E-state index contributed by atoms with van der Waals surface area (Å²) in [7, 11) is 0. The molecule has 0 heterocycles. The maximum Gasteiger partial charge on any atom is 0.221 e. The Morgan fingerprint density at radius 3 is 2.58 bits per heavy atom. The highest BCUT2D eigenvalue weighted by molar-refractivity contribution is 5.88. The first kappa shape index (κ1) is 20.0. The molecule has 0 saturated heterocycles. The highest BCUT2D eigenvalue weighted by atomic mass is 16.1. The van der Waals surface area contributed by atoms with Gasteiger partial charge in [0.2, 0.25) is 5.91 Å². The molecule has 2 rings (SSSR count). The molecule has 26 heavy (non-hydrogen) atoms. The van der Waals surface area contributed by atoms with Crippen molar-refractivity contribution < 1.29 is 4.79 Å². The lowest BCUT2D eigenvalue weighted by molar-refractivity contribution is -0.114. The Hall–Kier alpha value is -2.30. The zero-order chi connectivity index (χ0) is 18.6. The van der Waals surface area contributed by atoms with E-state index in [1.165, 1.54) is 38.2 Å². The number of carbonyl (C=O) groups excluding carboxylic acids is 1. The van der Waals surface area contributed by atoms with Crippen LogP contribution in [0.5, 0.6) is 0 Å². The number of anilines is 1. The topological polar surface area (TPSA) is 65.5 Å². The Bertz CT molecular complexity index is 619. The first-order valence-electron chi connectivity index (χ1n) is 9.74. The summed E-state index contributed by atoms with van der Waals surface area (Å²) in [4.78, 5) is 15.7. The molecule has 0 fully saturated rings. The van der Waals surface area contributed by atoms with Gasteiger partial charge in [-0.2, -0.15) is 0 Å². The molecule has 1 amide bonds. The standard InChI is InChI=1S/C21H32N4O/c1-3-22-21(23-15-13-18-7-5-4-6-8-18)24-16-14-19-9-11-20(12-10-19)25-17(2)26/h7,9-12H,3-6,8,13-16H2,1-2H3,(H,25,26)(H2,22,23,24). The van der Waals surface area contributed by atoms with E-state index in [1.807, 2.05) is 24.3 Å². The second-order valence-corrected chi connectivity index (χ2v) is 6.67. The van der Waals surface area contributed by atoms with E-state index in [2.05, 4.69) is 29.0 Å². The van der Waals surface area contributed by atoms with Gasteiger partial charge in [-0.25, -0.2) is 0 Å². The molecule has 5 nitrogen and oxygen atoms in total. The van der Waals surface area contributed by atoms with E-state index >= 15 is 0 Å². The Morgan fingerprint density at radius 1 is 1.12 bits per heavy atom. The van der Waals surface area contributed by atoms with E-state index in [-0.39, 0.29) is 5.91 Å². The molecule has 0 bridgehead atoms. The summed E-state index contributed by atoms with van der Waals surface area (Å²) < 4.78 is 0. The van der Waals surface area contributed by atoms with E-state index in [4.69, 9.17) is 4.99 Å². The zero-order valence-electron chi connectivity index (χ0n) is 16.1. The molecule has 3 N–H and O–H groups in total. The molecule has 1 aliphatic rings. The van der Waals surface area contributed by atoms with Crippen molar-refractivity contribution in [1.29, 1.82) is 0 Å². The van der Waals surface area contributed by atoms with Crippen molar-refractivity contribution in [2.75, 3.05) is 25.0 Å². The third kappa shape index (κ3) is 7.72. The molecule has 0 unspecified atom stereocenters. The lowest BCUT2D eigenvalue weighted by Crippen LogP contribution is -2.38. The van der Waals surface area contributed by atoms with Gasteiger partial charge in [-0.05, 0) is 63.1 Å². The number of benzene rings is 1. The molecule has 0 spiro atoms. The lowest BCUT2D eigenvalue weighted by Gasteiger charge is -2.13. The molecule has 1 aliphatic carbocycles. The van der Waals surface area contributed by atoms with Crippen molar-refractivity contribution in [2.45, 2.75) is 52.4 Å². The molecular formula is C21H32N4O.